The van der Waals surface area contributed by atoms with Crippen molar-refractivity contribution in [3.8, 4) is 5.75 Å². The van der Waals surface area contributed by atoms with Gasteiger partial charge in [-0.05, 0) is 12.1 Å². The molecule has 6 heteroatoms. The number of carboxylic acids is 1. The maximum absolute atomic E-state index is 10.7. The lowest BCUT2D eigenvalue weighted by Gasteiger charge is -2.08. The number of benzene rings is 1. The summed E-state index contributed by atoms with van der Waals surface area (Å²) in [6.07, 6.45) is 0. The van der Waals surface area contributed by atoms with E-state index in [1.165, 1.54) is 13.0 Å². The number of carbonyl (C=O) groups is 2. The first-order valence-electron chi connectivity index (χ1n) is 4.05. The minimum atomic E-state index is -1.31. The Labute approximate surface area is 85.3 Å². The highest BCUT2D eigenvalue weighted by Crippen LogP contribution is 2.30. The van der Waals surface area contributed by atoms with Crippen LogP contribution in [0.3, 0.4) is 0 Å². The number of carbonyl (C=O) groups excluding carboxylic acids is 1. The van der Waals surface area contributed by atoms with Crippen molar-refractivity contribution in [2.24, 2.45) is 0 Å². The first-order valence-corrected chi connectivity index (χ1v) is 4.05. The molecule has 0 saturated heterocycles. The molecule has 0 atom stereocenters. The molecule has 0 radical (unpaired) electrons. The second kappa shape index (κ2) is 3.87. The van der Waals surface area contributed by atoms with Gasteiger partial charge in [0.1, 0.15) is 5.56 Å². The number of hydrogen-bond acceptors (Lipinski definition) is 4. The van der Waals surface area contributed by atoms with E-state index in [0.29, 0.717) is 0 Å². The van der Waals surface area contributed by atoms with Crippen LogP contribution in [0, 0.1) is 0 Å². The predicted octanol–water partition coefficient (Wildman–Crippen LogP) is 0.631. The largest absolute Gasteiger partial charge is 0.505 e. The predicted molar refractivity (Wildman–Crippen MR) is 53.8 cm³/mol. The van der Waals surface area contributed by atoms with Gasteiger partial charge in [-0.1, -0.05) is 0 Å². The lowest BCUT2D eigenvalue weighted by atomic mass is 10.1. The minimum absolute atomic E-state index is 0.0140. The molecule has 1 aromatic rings. The highest BCUT2D eigenvalue weighted by Gasteiger charge is 2.15. The number of nitrogen functional groups attached to an aromatic ring is 1. The van der Waals surface area contributed by atoms with Gasteiger partial charge in [-0.2, -0.15) is 0 Å². The molecule has 0 bridgehead atoms. The van der Waals surface area contributed by atoms with Crippen molar-refractivity contribution < 1.29 is 19.8 Å². The molecule has 0 aliphatic carbocycles. The SMILES string of the molecule is CC(=O)Nc1cc(N)cc(C(=O)O)c1O. The standard InChI is InChI=1S/C9H10N2O4/c1-4(12)11-7-3-5(10)2-6(8(7)13)9(14)15/h2-3,13H,10H2,1H3,(H,11,12)(H,14,15). The lowest BCUT2D eigenvalue weighted by molar-refractivity contribution is -0.114. The Morgan fingerprint density at radius 2 is 2.00 bits per heavy atom. The van der Waals surface area contributed by atoms with Gasteiger partial charge in [0.05, 0.1) is 5.69 Å². The van der Waals surface area contributed by atoms with Gasteiger partial charge in [0.2, 0.25) is 5.91 Å². The molecule has 6 nitrogen and oxygen atoms in total. The van der Waals surface area contributed by atoms with Crippen LogP contribution in [0.4, 0.5) is 11.4 Å². The number of nitrogens with one attached hydrogen (secondary N) is 1. The number of nitrogens with two attached hydrogens (primary N) is 1. The second-order valence-corrected chi connectivity index (χ2v) is 2.95. The molecule has 0 spiro atoms. The Morgan fingerprint density at radius 1 is 1.40 bits per heavy atom. The van der Waals surface area contributed by atoms with E-state index in [9.17, 15) is 14.7 Å². The zero-order valence-corrected chi connectivity index (χ0v) is 7.94. The summed E-state index contributed by atoms with van der Waals surface area (Å²) in [7, 11) is 0. The minimum Gasteiger partial charge on any atom is -0.505 e. The number of aromatic carboxylic acids is 1. The van der Waals surface area contributed by atoms with Crippen molar-refractivity contribution in [1.29, 1.82) is 0 Å². The van der Waals surface area contributed by atoms with Crippen molar-refractivity contribution in [3.05, 3.63) is 17.7 Å². The average molecular weight is 210 g/mol. The van der Waals surface area contributed by atoms with Gasteiger partial charge < -0.3 is 21.3 Å². The maximum Gasteiger partial charge on any atom is 0.339 e. The second-order valence-electron chi connectivity index (χ2n) is 2.95. The molecule has 15 heavy (non-hydrogen) atoms. The number of carboxylic acid groups (broad SMARTS) is 1. The molecule has 0 aliphatic rings. The molecule has 1 aromatic carbocycles. The highest BCUT2D eigenvalue weighted by molar-refractivity contribution is 5.98. The molecule has 0 saturated carbocycles. The van der Waals surface area contributed by atoms with Crippen molar-refractivity contribution in [3.63, 3.8) is 0 Å². The van der Waals surface area contributed by atoms with Crippen LogP contribution in [0.5, 0.6) is 5.75 Å². The van der Waals surface area contributed by atoms with Gasteiger partial charge in [-0.15, -0.1) is 0 Å². The zero-order valence-electron chi connectivity index (χ0n) is 7.94. The first kappa shape index (κ1) is 10.8. The van der Waals surface area contributed by atoms with Crippen LogP contribution in [-0.4, -0.2) is 22.1 Å². The number of phenols is 1. The molecule has 80 valence electrons. The molecule has 0 heterocycles. The van der Waals surface area contributed by atoms with E-state index in [-0.39, 0.29) is 16.9 Å². The van der Waals surface area contributed by atoms with E-state index >= 15 is 0 Å². The molecule has 0 fully saturated rings. The normalized spacial score (nSPS) is 9.67. The first-order chi connectivity index (χ1) is 6.91. The van der Waals surface area contributed by atoms with Gasteiger partial charge in [-0.3, -0.25) is 4.79 Å². The summed E-state index contributed by atoms with van der Waals surface area (Å²) in [6, 6.07) is 2.39. The summed E-state index contributed by atoms with van der Waals surface area (Å²) in [6.45, 7) is 1.24. The summed E-state index contributed by atoms with van der Waals surface area (Å²) in [5, 5.41) is 20.5. The van der Waals surface area contributed by atoms with Crippen molar-refractivity contribution in [2.75, 3.05) is 11.1 Å². The Balaban J connectivity index is 3.28. The Morgan fingerprint density at radius 3 is 2.47 bits per heavy atom. The van der Waals surface area contributed by atoms with Gasteiger partial charge in [-0.25, -0.2) is 4.79 Å². The number of rotatable bonds is 2. The fourth-order valence-corrected chi connectivity index (χ4v) is 1.10. The lowest BCUT2D eigenvalue weighted by Crippen LogP contribution is -2.08. The van der Waals surface area contributed by atoms with Crippen LogP contribution < -0.4 is 11.1 Å². The van der Waals surface area contributed by atoms with E-state index in [1.807, 2.05) is 0 Å². The fraction of sp³-hybridized carbons (Fsp3) is 0.111. The Kier molecular flexibility index (Phi) is 2.80. The molecule has 0 aromatic heterocycles. The Bertz CT molecular complexity index is 428. The quantitative estimate of drug-likeness (QED) is 0.325. The number of amides is 1. The smallest absolute Gasteiger partial charge is 0.339 e. The summed E-state index contributed by atoms with van der Waals surface area (Å²) in [4.78, 5) is 21.4. The van der Waals surface area contributed by atoms with Crippen LogP contribution in [-0.2, 0) is 4.79 Å². The molecule has 1 amide bonds. The van der Waals surface area contributed by atoms with Crippen LogP contribution in [0.1, 0.15) is 17.3 Å². The zero-order chi connectivity index (χ0) is 11.6. The third-order valence-corrected chi connectivity index (χ3v) is 1.67. The number of aromatic hydroxyl groups is 1. The van der Waals surface area contributed by atoms with Crippen molar-refractivity contribution in [2.45, 2.75) is 6.92 Å². The maximum atomic E-state index is 10.7. The van der Waals surface area contributed by atoms with Gasteiger partial charge in [0, 0.05) is 12.6 Å². The van der Waals surface area contributed by atoms with E-state index in [4.69, 9.17) is 10.8 Å². The van der Waals surface area contributed by atoms with E-state index < -0.39 is 17.6 Å². The van der Waals surface area contributed by atoms with Gasteiger partial charge in [0.15, 0.2) is 5.75 Å². The van der Waals surface area contributed by atoms with E-state index in [2.05, 4.69) is 5.32 Å². The van der Waals surface area contributed by atoms with E-state index in [0.717, 1.165) is 6.07 Å². The third kappa shape index (κ3) is 2.37. The molecule has 1 rings (SSSR count). The fourth-order valence-electron chi connectivity index (χ4n) is 1.10. The van der Waals surface area contributed by atoms with Gasteiger partial charge >= 0.3 is 5.97 Å². The van der Waals surface area contributed by atoms with Crippen LogP contribution in [0.15, 0.2) is 12.1 Å². The molecular formula is C9H10N2O4. The third-order valence-electron chi connectivity index (χ3n) is 1.67. The van der Waals surface area contributed by atoms with Crippen LogP contribution in [0.25, 0.3) is 0 Å². The van der Waals surface area contributed by atoms with Crippen LogP contribution >= 0.6 is 0 Å². The van der Waals surface area contributed by atoms with Crippen LogP contribution in [0.2, 0.25) is 0 Å². The van der Waals surface area contributed by atoms with E-state index in [1.54, 1.807) is 0 Å². The molecule has 0 aliphatic heterocycles. The van der Waals surface area contributed by atoms with Crippen molar-refractivity contribution in [1.82, 2.24) is 0 Å². The van der Waals surface area contributed by atoms with Gasteiger partial charge in [0.25, 0.3) is 0 Å². The monoisotopic (exact) mass is 210 g/mol. The highest BCUT2D eigenvalue weighted by atomic mass is 16.4. The summed E-state index contributed by atoms with van der Waals surface area (Å²) >= 11 is 0. The topological polar surface area (TPSA) is 113 Å². The molecule has 5 N–H and O–H groups in total. The summed E-state index contributed by atoms with van der Waals surface area (Å²) in [5.74, 6) is -2.24. The number of anilines is 2. The molecular weight excluding hydrogens is 200 g/mol. The Hall–Kier alpha value is -2.24. The summed E-state index contributed by atoms with van der Waals surface area (Å²) in [5.41, 5.74) is 5.20. The summed E-state index contributed by atoms with van der Waals surface area (Å²) < 4.78 is 0. The molecule has 0 unspecified atom stereocenters. The average Bonchev–Trinajstić information content (AvgIpc) is 2.09. The number of hydrogen-bond donors (Lipinski definition) is 4. The van der Waals surface area contributed by atoms with Crippen molar-refractivity contribution >= 4 is 23.3 Å².